The average Bonchev–Trinajstić information content (AvgIpc) is 2.30. The zero-order valence-electron chi connectivity index (χ0n) is 10.9. The second-order valence-electron chi connectivity index (χ2n) is 4.53. The largest absolute Gasteiger partial charge is 0.256 e. The van der Waals surface area contributed by atoms with Crippen molar-refractivity contribution in [1.82, 2.24) is 0 Å². The fraction of sp³-hybridized carbons (Fsp3) is 0.188. The molecular weight excluding hydrogens is 286 g/mol. The van der Waals surface area contributed by atoms with Crippen molar-refractivity contribution in [2.45, 2.75) is 20.8 Å². The molecule has 0 aliphatic carbocycles. The summed E-state index contributed by atoms with van der Waals surface area (Å²) >= 11 is 3.53. The molecule has 0 bridgehead atoms. The maximum atomic E-state index is 4.62. The van der Waals surface area contributed by atoms with Gasteiger partial charge < -0.3 is 0 Å². The Balaban J connectivity index is 2.38. The van der Waals surface area contributed by atoms with Crippen LogP contribution >= 0.6 is 15.9 Å². The van der Waals surface area contributed by atoms with Gasteiger partial charge in [-0.3, -0.25) is 4.99 Å². The van der Waals surface area contributed by atoms with Crippen LogP contribution in [0.5, 0.6) is 0 Å². The number of nitrogens with zero attached hydrogens (tertiary/aromatic N) is 1. The molecule has 0 radical (unpaired) electrons. The van der Waals surface area contributed by atoms with Crippen LogP contribution in [0.1, 0.15) is 22.3 Å². The van der Waals surface area contributed by atoms with Gasteiger partial charge in [-0.25, -0.2) is 0 Å². The Hall–Kier alpha value is -1.41. The number of aryl methyl sites for hydroxylation is 3. The molecule has 2 aromatic rings. The monoisotopic (exact) mass is 301 g/mol. The topological polar surface area (TPSA) is 12.4 Å². The van der Waals surface area contributed by atoms with Gasteiger partial charge in [-0.2, -0.15) is 0 Å². The lowest BCUT2D eigenvalue weighted by Gasteiger charge is -2.06. The fourth-order valence-electron chi connectivity index (χ4n) is 2.09. The zero-order valence-corrected chi connectivity index (χ0v) is 12.5. The molecule has 0 heterocycles. The van der Waals surface area contributed by atoms with Gasteiger partial charge in [0.15, 0.2) is 0 Å². The van der Waals surface area contributed by atoms with Crippen molar-refractivity contribution in [3.8, 4) is 0 Å². The van der Waals surface area contributed by atoms with Crippen molar-refractivity contribution < 1.29 is 0 Å². The predicted molar refractivity (Wildman–Crippen MR) is 82.0 cm³/mol. The first-order valence-electron chi connectivity index (χ1n) is 5.94. The van der Waals surface area contributed by atoms with E-state index < -0.39 is 0 Å². The van der Waals surface area contributed by atoms with Crippen LogP contribution in [-0.4, -0.2) is 6.21 Å². The van der Waals surface area contributed by atoms with Crippen LogP contribution in [0.3, 0.4) is 0 Å². The molecule has 0 spiro atoms. The number of halogens is 1. The molecule has 2 aromatic carbocycles. The van der Waals surface area contributed by atoms with Crippen molar-refractivity contribution in [2.75, 3.05) is 0 Å². The molecule has 0 aliphatic rings. The lowest BCUT2D eigenvalue weighted by atomic mass is 10.1. The van der Waals surface area contributed by atoms with E-state index in [2.05, 4.69) is 53.8 Å². The number of aliphatic imine (C=N–C) groups is 1. The van der Waals surface area contributed by atoms with E-state index in [9.17, 15) is 0 Å². The van der Waals surface area contributed by atoms with E-state index >= 15 is 0 Å². The molecule has 18 heavy (non-hydrogen) atoms. The number of rotatable bonds is 2. The Morgan fingerprint density at radius 3 is 2.22 bits per heavy atom. The molecule has 0 saturated carbocycles. The maximum absolute atomic E-state index is 4.62. The standard InChI is InChI=1S/C16H16BrN/c1-11-8-12(2)16(13(3)9-11)18-10-14-6-4-5-7-15(14)17/h4-10H,1-3H3. The summed E-state index contributed by atoms with van der Waals surface area (Å²) in [4.78, 5) is 4.62. The van der Waals surface area contributed by atoms with Crippen LogP contribution in [0.15, 0.2) is 45.9 Å². The van der Waals surface area contributed by atoms with Crippen LogP contribution in [0, 0.1) is 20.8 Å². The molecule has 0 atom stereocenters. The molecule has 0 unspecified atom stereocenters. The lowest BCUT2D eigenvalue weighted by molar-refractivity contribution is 1.29. The number of hydrogen-bond acceptors (Lipinski definition) is 1. The molecule has 0 amide bonds. The Morgan fingerprint density at radius 1 is 1.00 bits per heavy atom. The SMILES string of the molecule is Cc1cc(C)c(N=Cc2ccccc2Br)c(C)c1. The lowest BCUT2D eigenvalue weighted by Crippen LogP contribution is -1.86. The van der Waals surface area contributed by atoms with Crippen LogP contribution in [0.4, 0.5) is 5.69 Å². The van der Waals surface area contributed by atoms with Gasteiger partial charge in [-0.15, -0.1) is 0 Å². The maximum Gasteiger partial charge on any atom is 0.0688 e. The zero-order chi connectivity index (χ0) is 13.1. The van der Waals surface area contributed by atoms with Gasteiger partial charge in [0, 0.05) is 16.3 Å². The van der Waals surface area contributed by atoms with Crippen molar-refractivity contribution in [1.29, 1.82) is 0 Å². The molecule has 0 aromatic heterocycles. The summed E-state index contributed by atoms with van der Waals surface area (Å²) < 4.78 is 1.07. The van der Waals surface area contributed by atoms with E-state index in [4.69, 9.17) is 0 Å². The first-order chi connectivity index (χ1) is 8.58. The van der Waals surface area contributed by atoms with Crippen LogP contribution in [-0.2, 0) is 0 Å². The van der Waals surface area contributed by atoms with Crippen molar-refractivity contribution in [2.24, 2.45) is 4.99 Å². The summed E-state index contributed by atoms with van der Waals surface area (Å²) in [5.41, 5.74) is 5.88. The molecule has 0 fully saturated rings. The van der Waals surface area contributed by atoms with Gasteiger partial charge in [-0.1, -0.05) is 51.8 Å². The summed E-state index contributed by atoms with van der Waals surface area (Å²) in [7, 11) is 0. The molecule has 1 nitrogen and oxygen atoms in total. The van der Waals surface area contributed by atoms with Gasteiger partial charge >= 0.3 is 0 Å². The first-order valence-corrected chi connectivity index (χ1v) is 6.73. The molecule has 2 rings (SSSR count). The molecule has 2 heteroatoms. The van der Waals surface area contributed by atoms with Crippen LogP contribution in [0.2, 0.25) is 0 Å². The molecule has 0 N–H and O–H groups in total. The summed E-state index contributed by atoms with van der Waals surface area (Å²) in [5, 5.41) is 0. The Kier molecular flexibility index (Phi) is 3.97. The van der Waals surface area contributed by atoms with Gasteiger partial charge in [-0.05, 0) is 38.0 Å². The normalized spacial score (nSPS) is 11.1. The summed E-state index contributed by atoms with van der Waals surface area (Å²) in [6.45, 7) is 6.32. The fourth-order valence-corrected chi connectivity index (χ4v) is 2.48. The molecule has 0 saturated heterocycles. The van der Waals surface area contributed by atoms with Gasteiger partial charge in [0.25, 0.3) is 0 Å². The third-order valence-electron chi connectivity index (χ3n) is 2.87. The van der Waals surface area contributed by atoms with E-state index in [1.54, 1.807) is 0 Å². The van der Waals surface area contributed by atoms with E-state index in [0.29, 0.717) is 0 Å². The predicted octanol–water partition coefficient (Wildman–Crippen LogP) is 5.12. The van der Waals surface area contributed by atoms with E-state index in [-0.39, 0.29) is 0 Å². The Labute approximate surface area is 117 Å². The van der Waals surface area contributed by atoms with Crippen molar-refractivity contribution in [3.05, 3.63) is 63.1 Å². The molecular formula is C16H16BrN. The highest BCUT2D eigenvalue weighted by Crippen LogP contribution is 2.25. The highest BCUT2D eigenvalue weighted by molar-refractivity contribution is 9.10. The van der Waals surface area contributed by atoms with Crippen molar-refractivity contribution in [3.63, 3.8) is 0 Å². The highest BCUT2D eigenvalue weighted by Gasteiger charge is 2.02. The smallest absolute Gasteiger partial charge is 0.0688 e. The second kappa shape index (κ2) is 5.49. The van der Waals surface area contributed by atoms with Crippen molar-refractivity contribution >= 4 is 27.8 Å². The Morgan fingerprint density at radius 2 is 1.61 bits per heavy atom. The second-order valence-corrected chi connectivity index (χ2v) is 5.38. The Bertz CT molecular complexity index is 577. The minimum Gasteiger partial charge on any atom is -0.256 e. The first kappa shape index (κ1) is 13.0. The molecule has 92 valence electrons. The van der Waals surface area contributed by atoms with Crippen LogP contribution < -0.4 is 0 Å². The number of hydrogen-bond donors (Lipinski definition) is 0. The minimum absolute atomic E-state index is 1.07. The van der Waals surface area contributed by atoms with E-state index in [0.717, 1.165) is 15.7 Å². The van der Waals surface area contributed by atoms with Gasteiger partial charge in [0.05, 0.1) is 5.69 Å². The average molecular weight is 302 g/mol. The van der Waals surface area contributed by atoms with E-state index in [1.165, 1.54) is 16.7 Å². The van der Waals surface area contributed by atoms with E-state index in [1.807, 2.05) is 30.5 Å². The quantitative estimate of drug-likeness (QED) is 0.682. The molecule has 0 aliphatic heterocycles. The third-order valence-corrected chi connectivity index (χ3v) is 3.60. The van der Waals surface area contributed by atoms with Crippen LogP contribution in [0.25, 0.3) is 0 Å². The van der Waals surface area contributed by atoms with Gasteiger partial charge in [0.1, 0.15) is 0 Å². The summed E-state index contributed by atoms with van der Waals surface area (Å²) in [5.74, 6) is 0. The summed E-state index contributed by atoms with van der Waals surface area (Å²) in [6.07, 6.45) is 1.91. The minimum atomic E-state index is 1.07. The third kappa shape index (κ3) is 2.88. The number of benzene rings is 2. The summed E-state index contributed by atoms with van der Waals surface area (Å²) in [6, 6.07) is 12.4. The highest BCUT2D eigenvalue weighted by atomic mass is 79.9. The van der Waals surface area contributed by atoms with Gasteiger partial charge in [0.2, 0.25) is 0 Å².